The van der Waals surface area contributed by atoms with E-state index in [1.807, 2.05) is 0 Å². The van der Waals surface area contributed by atoms with Crippen molar-refractivity contribution in [3.63, 3.8) is 0 Å². The first-order chi connectivity index (χ1) is 3.80. The van der Waals surface area contributed by atoms with Crippen LogP contribution in [0.25, 0.3) is 0 Å². The van der Waals surface area contributed by atoms with Crippen LogP contribution in [-0.2, 0) is 0 Å². The molecule has 0 unspecified atom stereocenters. The molecule has 0 spiro atoms. The smallest absolute Gasteiger partial charge is 0.236 e. The van der Waals surface area contributed by atoms with E-state index >= 15 is 0 Å². The maximum atomic E-state index is 8.44. The van der Waals surface area contributed by atoms with Crippen molar-refractivity contribution in [3.05, 3.63) is 0 Å². The van der Waals surface area contributed by atoms with Crippen molar-refractivity contribution in [1.82, 2.24) is 4.90 Å². The fourth-order valence-electron chi connectivity index (χ4n) is 0.569. The molecule has 0 aromatic carbocycles. The molecule has 0 radical (unpaired) electrons. The summed E-state index contributed by atoms with van der Waals surface area (Å²) in [6.07, 6.45) is 0.0613. The summed E-state index contributed by atoms with van der Waals surface area (Å²) in [5.74, 6) is 0. The molecule has 1 aliphatic rings. The first kappa shape index (κ1) is 5.53. The standard InChI is InChI=1S/C4H8N2O2/c7-4(8)6-2-1-5-3-6/h3-4,7-8H,1-2H2. The monoisotopic (exact) mass is 116 g/mol. The van der Waals surface area contributed by atoms with E-state index in [0.29, 0.717) is 13.1 Å². The molecule has 1 heterocycles. The summed E-state index contributed by atoms with van der Waals surface area (Å²) in [5.41, 5.74) is 0. The van der Waals surface area contributed by atoms with Crippen LogP contribution in [-0.4, -0.2) is 41.0 Å². The van der Waals surface area contributed by atoms with Crippen LogP contribution in [0.2, 0.25) is 0 Å². The van der Waals surface area contributed by atoms with Gasteiger partial charge < -0.3 is 15.1 Å². The zero-order valence-electron chi connectivity index (χ0n) is 4.36. The molecule has 4 nitrogen and oxygen atoms in total. The molecule has 4 heteroatoms. The highest BCUT2D eigenvalue weighted by molar-refractivity contribution is 5.56. The maximum Gasteiger partial charge on any atom is 0.236 e. The summed E-state index contributed by atoms with van der Waals surface area (Å²) < 4.78 is 0. The van der Waals surface area contributed by atoms with Gasteiger partial charge >= 0.3 is 0 Å². The first-order valence-electron chi connectivity index (χ1n) is 2.42. The van der Waals surface area contributed by atoms with E-state index < -0.39 is 6.41 Å². The van der Waals surface area contributed by atoms with Crippen molar-refractivity contribution >= 4 is 6.34 Å². The van der Waals surface area contributed by atoms with E-state index in [1.54, 1.807) is 0 Å². The predicted molar refractivity (Wildman–Crippen MR) is 28.3 cm³/mol. The van der Waals surface area contributed by atoms with Gasteiger partial charge in [-0.2, -0.15) is 0 Å². The van der Waals surface area contributed by atoms with Crippen LogP contribution in [0.15, 0.2) is 4.99 Å². The number of aliphatic imine (C=N–C) groups is 1. The number of hydrogen-bond donors (Lipinski definition) is 2. The molecular formula is C4H8N2O2. The second-order valence-electron chi connectivity index (χ2n) is 1.61. The van der Waals surface area contributed by atoms with E-state index in [1.165, 1.54) is 11.2 Å². The number of rotatable bonds is 1. The molecule has 0 saturated carbocycles. The molecule has 46 valence electrons. The maximum absolute atomic E-state index is 8.44. The van der Waals surface area contributed by atoms with Gasteiger partial charge in [0.05, 0.1) is 12.9 Å². The van der Waals surface area contributed by atoms with Crippen molar-refractivity contribution in [2.75, 3.05) is 13.1 Å². The van der Waals surface area contributed by atoms with E-state index in [9.17, 15) is 0 Å². The van der Waals surface area contributed by atoms with Crippen LogP contribution in [0, 0.1) is 0 Å². The summed E-state index contributed by atoms with van der Waals surface area (Å²) in [7, 11) is 0. The van der Waals surface area contributed by atoms with Crippen molar-refractivity contribution < 1.29 is 10.2 Å². The summed E-state index contributed by atoms with van der Waals surface area (Å²) in [6.45, 7) is 1.27. The Kier molecular flexibility index (Phi) is 1.45. The molecule has 0 amide bonds. The fourth-order valence-corrected chi connectivity index (χ4v) is 0.569. The number of aliphatic hydroxyl groups is 2. The molecular weight excluding hydrogens is 108 g/mol. The molecule has 0 saturated heterocycles. The van der Waals surface area contributed by atoms with Gasteiger partial charge in [0.25, 0.3) is 0 Å². The number of aliphatic hydroxyl groups excluding tert-OH is 1. The SMILES string of the molecule is OC(O)N1C=NCC1. The molecule has 1 aliphatic heterocycles. The minimum atomic E-state index is -1.37. The van der Waals surface area contributed by atoms with Crippen molar-refractivity contribution in [1.29, 1.82) is 0 Å². The van der Waals surface area contributed by atoms with Gasteiger partial charge in [-0.3, -0.25) is 4.99 Å². The summed E-state index contributed by atoms with van der Waals surface area (Å²) in [4.78, 5) is 5.11. The lowest BCUT2D eigenvalue weighted by molar-refractivity contribution is -0.119. The fraction of sp³-hybridized carbons (Fsp3) is 0.750. The highest BCUT2D eigenvalue weighted by Crippen LogP contribution is 1.94. The van der Waals surface area contributed by atoms with Crippen LogP contribution >= 0.6 is 0 Å². The van der Waals surface area contributed by atoms with E-state index in [2.05, 4.69) is 4.99 Å². The van der Waals surface area contributed by atoms with Gasteiger partial charge in [0, 0.05) is 6.54 Å². The lowest BCUT2D eigenvalue weighted by Gasteiger charge is -2.14. The van der Waals surface area contributed by atoms with E-state index in [4.69, 9.17) is 10.2 Å². The summed E-state index contributed by atoms with van der Waals surface area (Å²) >= 11 is 0. The van der Waals surface area contributed by atoms with Gasteiger partial charge in [-0.25, -0.2) is 0 Å². The Labute approximate surface area is 47.1 Å². The molecule has 0 aromatic heterocycles. The second-order valence-corrected chi connectivity index (χ2v) is 1.61. The zero-order valence-corrected chi connectivity index (χ0v) is 4.36. The number of hydrogen-bond acceptors (Lipinski definition) is 4. The Hall–Kier alpha value is -0.610. The largest absolute Gasteiger partial charge is 0.351 e. The summed E-state index contributed by atoms with van der Waals surface area (Å²) in [6, 6.07) is 0. The normalized spacial score (nSPS) is 18.6. The molecule has 8 heavy (non-hydrogen) atoms. The minimum Gasteiger partial charge on any atom is -0.351 e. The Morgan fingerprint density at radius 2 is 2.38 bits per heavy atom. The van der Waals surface area contributed by atoms with Gasteiger partial charge in [0.1, 0.15) is 0 Å². The molecule has 0 fully saturated rings. The molecule has 0 atom stereocenters. The summed E-state index contributed by atoms with van der Waals surface area (Å²) in [5, 5.41) is 16.9. The topological polar surface area (TPSA) is 56.1 Å². The first-order valence-corrected chi connectivity index (χ1v) is 2.42. The lowest BCUT2D eigenvalue weighted by atomic mass is 10.6. The Morgan fingerprint density at radius 1 is 1.62 bits per heavy atom. The Balaban J connectivity index is 2.36. The lowest BCUT2D eigenvalue weighted by Crippen LogP contribution is -2.31. The van der Waals surface area contributed by atoms with E-state index in [-0.39, 0.29) is 0 Å². The van der Waals surface area contributed by atoms with Gasteiger partial charge in [0.2, 0.25) is 6.41 Å². The molecule has 0 aromatic rings. The highest BCUT2D eigenvalue weighted by Gasteiger charge is 2.10. The van der Waals surface area contributed by atoms with Crippen LogP contribution in [0.3, 0.4) is 0 Å². The minimum absolute atomic E-state index is 0.609. The third-order valence-corrected chi connectivity index (χ3v) is 1.01. The van der Waals surface area contributed by atoms with Crippen LogP contribution in [0.5, 0.6) is 0 Å². The molecule has 0 aliphatic carbocycles. The van der Waals surface area contributed by atoms with Gasteiger partial charge in [-0.1, -0.05) is 0 Å². The highest BCUT2D eigenvalue weighted by atomic mass is 16.5. The van der Waals surface area contributed by atoms with Crippen molar-refractivity contribution in [3.8, 4) is 0 Å². The average molecular weight is 116 g/mol. The predicted octanol–water partition coefficient (Wildman–Crippen LogP) is -1.40. The zero-order chi connectivity index (χ0) is 5.98. The van der Waals surface area contributed by atoms with Gasteiger partial charge in [-0.15, -0.1) is 0 Å². The van der Waals surface area contributed by atoms with Crippen molar-refractivity contribution in [2.24, 2.45) is 4.99 Å². The van der Waals surface area contributed by atoms with Crippen molar-refractivity contribution in [2.45, 2.75) is 6.41 Å². The Bertz CT molecular complexity index is 102. The van der Waals surface area contributed by atoms with Crippen LogP contribution in [0.4, 0.5) is 0 Å². The average Bonchev–Trinajstić information content (AvgIpc) is 2.12. The molecule has 1 rings (SSSR count). The van der Waals surface area contributed by atoms with Crippen LogP contribution < -0.4 is 0 Å². The van der Waals surface area contributed by atoms with Gasteiger partial charge in [-0.05, 0) is 0 Å². The van der Waals surface area contributed by atoms with Crippen LogP contribution in [0.1, 0.15) is 0 Å². The molecule has 0 bridgehead atoms. The second kappa shape index (κ2) is 2.11. The van der Waals surface area contributed by atoms with E-state index in [0.717, 1.165) is 0 Å². The number of nitrogens with zero attached hydrogens (tertiary/aromatic N) is 2. The third kappa shape index (κ3) is 0.962. The Morgan fingerprint density at radius 3 is 2.62 bits per heavy atom. The third-order valence-electron chi connectivity index (χ3n) is 1.01. The van der Waals surface area contributed by atoms with Gasteiger partial charge in [0.15, 0.2) is 0 Å². The quantitative estimate of drug-likeness (QED) is 0.414. The molecule has 2 N–H and O–H groups in total.